The summed E-state index contributed by atoms with van der Waals surface area (Å²) in [5, 5.41) is 11.0. The summed E-state index contributed by atoms with van der Waals surface area (Å²) in [6, 6.07) is 13.8. The van der Waals surface area contributed by atoms with Crippen LogP contribution >= 0.6 is 17.0 Å². The summed E-state index contributed by atoms with van der Waals surface area (Å²) < 4.78 is 0. The van der Waals surface area contributed by atoms with E-state index in [1.165, 1.54) is 17.0 Å². The van der Waals surface area contributed by atoms with Gasteiger partial charge in [0.15, 0.2) is 0 Å². The highest BCUT2D eigenvalue weighted by Crippen LogP contribution is 2.29. The molecule has 0 spiro atoms. The number of likely N-dealkylation sites (N-methyl/N-ethyl adjacent to an activating group) is 1. The lowest BCUT2D eigenvalue weighted by molar-refractivity contribution is -0.384. The fourth-order valence-electron chi connectivity index (χ4n) is 2.43. The van der Waals surface area contributed by atoms with E-state index < -0.39 is 4.92 Å². The second-order valence-corrected chi connectivity index (χ2v) is 4.94. The Morgan fingerprint density at radius 2 is 1.87 bits per heavy atom. The molecule has 3 rings (SSSR count). The number of halogens is 1. The first kappa shape index (κ1) is 16.8. The fourth-order valence-corrected chi connectivity index (χ4v) is 2.43. The molecule has 0 radical (unpaired) electrons. The number of carbonyl (C=O) groups excluding carboxylic acids is 1. The summed E-state index contributed by atoms with van der Waals surface area (Å²) >= 11 is 0. The first-order valence-corrected chi connectivity index (χ1v) is 6.73. The lowest BCUT2D eigenvalue weighted by atomic mass is 9.99. The van der Waals surface area contributed by atoms with Crippen molar-refractivity contribution in [1.29, 1.82) is 0 Å². The van der Waals surface area contributed by atoms with Crippen LogP contribution in [0.5, 0.6) is 0 Å². The van der Waals surface area contributed by atoms with Crippen LogP contribution in [0.2, 0.25) is 0 Å². The number of fused-ring (bicyclic) bond motifs is 1. The van der Waals surface area contributed by atoms with Crippen molar-refractivity contribution < 1.29 is 9.72 Å². The monoisotopic (exact) mass is 375 g/mol. The van der Waals surface area contributed by atoms with Gasteiger partial charge in [-0.25, -0.2) is 0 Å². The van der Waals surface area contributed by atoms with Crippen LogP contribution in [0, 0.1) is 10.1 Å². The molecule has 0 atom stereocenters. The van der Waals surface area contributed by atoms with Crippen LogP contribution in [-0.4, -0.2) is 30.1 Å². The topological polar surface area (TPSA) is 75.8 Å². The van der Waals surface area contributed by atoms with E-state index in [4.69, 9.17) is 0 Å². The minimum atomic E-state index is -0.449. The molecule has 1 aliphatic rings. The Morgan fingerprint density at radius 3 is 2.52 bits per heavy atom. The Hall–Kier alpha value is -2.54. The molecule has 6 nitrogen and oxygen atoms in total. The van der Waals surface area contributed by atoms with Gasteiger partial charge in [-0.05, 0) is 6.07 Å². The van der Waals surface area contributed by atoms with Gasteiger partial charge >= 0.3 is 0 Å². The average molecular weight is 376 g/mol. The molecule has 0 saturated carbocycles. The van der Waals surface area contributed by atoms with Crippen LogP contribution in [-0.2, 0) is 4.79 Å². The number of rotatable bonds is 2. The third-order valence-electron chi connectivity index (χ3n) is 3.60. The number of benzene rings is 2. The zero-order valence-corrected chi connectivity index (χ0v) is 14.0. The van der Waals surface area contributed by atoms with Crippen molar-refractivity contribution >= 4 is 40.0 Å². The summed E-state index contributed by atoms with van der Waals surface area (Å²) in [6.07, 6.45) is 0. The Morgan fingerprint density at radius 1 is 1.17 bits per heavy atom. The first-order valence-electron chi connectivity index (χ1n) is 6.73. The van der Waals surface area contributed by atoms with Crippen LogP contribution in [0.15, 0.2) is 53.5 Å². The summed E-state index contributed by atoms with van der Waals surface area (Å²) in [7, 11) is 1.65. The van der Waals surface area contributed by atoms with Crippen LogP contribution in [0.25, 0.3) is 0 Å². The molecule has 0 saturated heterocycles. The van der Waals surface area contributed by atoms with Crippen LogP contribution in [0.4, 0.5) is 11.4 Å². The van der Waals surface area contributed by atoms with Gasteiger partial charge in [0.05, 0.1) is 16.3 Å². The van der Waals surface area contributed by atoms with E-state index in [0.717, 1.165) is 5.56 Å². The van der Waals surface area contributed by atoms with Gasteiger partial charge in [0.1, 0.15) is 6.54 Å². The van der Waals surface area contributed by atoms with Crippen LogP contribution in [0.3, 0.4) is 0 Å². The van der Waals surface area contributed by atoms with Crippen LogP contribution < -0.4 is 4.90 Å². The lowest BCUT2D eigenvalue weighted by Crippen LogP contribution is -2.27. The molecular formula is C16H14BrN3O3. The summed E-state index contributed by atoms with van der Waals surface area (Å²) in [5.74, 6) is -0.152. The Labute approximate surface area is 143 Å². The van der Waals surface area contributed by atoms with Gasteiger partial charge in [0, 0.05) is 30.3 Å². The van der Waals surface area contributed by atoms with Crippen molar-refractivity contribution in [3.05, 3.63) is 69.8 Å². The van der Waals surface area contributed by atoms with Crippen LogP contribution in [0.1, 0.15) is 11.1 Å². The second-order valence-electron chi connectivity index (χ2n) is 4.94. The molecule has 1 aliphatic heterocycles. The number of non-ortho nitro benzene ring substituents is 1. The molecule has 23 heavy (non-hydrogen) atoms. The van der Waals surface area contributed by atoms with E-state index in [1.807, 2.05) is 30.3 Å². The zero-order chi connectivity index (χ0) is 15.7. The number of carbonyl (C=O) groups is 1. The molecule has 0 bridgehead atoms. The number of hydrogen-bond donors (Lipinski definition) is 0. The Balaban J connectivity index is 0.00000192. The minimum Gasteiger partial charge on any atom is -0.313 e. The van der Waals surface area contributed by atoms with Crippen molar-refractivity contribution in [1.82, 2.24) is 0 Å². The van der Waals surface area contributed by atoms with Gasteiger partial charge in [-0.3, -0.25) is 19.9 Å². The molecule has 0 unspecified atom stereocenters. The maximum absolute atomic E-state index is 12.1. The van der Waals surface area contributed by atoms with Crippen molar-refractivity contribution in [3.8, 4) is 0 Å². The maximum Gasteiger partial charge on any atom is 0.270 e. The van der Waals surface area contributed by atoms with Gasteiger partial charge < -0.3 is 4.90 Å². The van der Waals surface area contributed by atoms with Gasteiger partial charge in [0.2, 0.25) is 5.91 Å². The third-order valence-corrected chi connectivity index (χ3v) is 3.60. The zero-order valence-electron chi connectivity index (χ0n) is 12.3. The molecule has 7 heteroatoms. The molecule has 0 aromatic heterocycles. The van der Waals surface area contributed by atoms with Crippen molar-refractivity contribution in [2.75, 3.05) is 18.5 Å². The van der Waals surface area contributed by atoms with Gasteiger partial charge in [-0.2, -0.15) is 0 Å². The predicted molar refractivity (Wildman–Crippen MR) is 93.8 cm³/mol. The summed E-state index contributed by atoms with van der Waals surface area (Å²) in [6.45, 7) is 0.0171. The first-order chi connectivity index (χ1) is 10.6. The number of nitrogens with zero attached hydrogens (tertiary/aromatic N) is 3. The highest BCUT2D eigenvalue weighted by atomic mass is 79.9. The second kappa shape index (κ2) is 6.70. The quantitative estimate of drug-likeness (QED) is 0.597. The van der Waals surface area contributed by atoms with E-state index in [1.54, 1.807) is 13.1 Å². The highest BCUT2D eigenvalue weighted by molar-refractivity contribution is 8.93. The number of nitro benzene ring substituents is 1. The van der Waals surface area contributed by atoms with E-state index in [0.29, 0.717) is 17.0 Å². The number of aliphatic imine (C=N–C) groups is 1. The average Bonchev–Trinajstić information content (AvgIpc) is 2.66. The van der Waals surface area contributed by atoms with E-state index in [-0.39, 0.29) is 35.1 Å². The van der Waals surface area contributed by atoms with E-state index in [9.17, 15) is 14.9 Å². The Kier molecular flexibility index (Phi) is 4.90. The van der Waals surface area contributed by atoms with Crippen molar-refractivity contribution in [2.45, 2.75) is 0 Å². The fraction of sp³-hybridized carbons (Fsp3) is 0.125. The Bertz CT molecular complexity index is 790. The van der Waals surface area contributed by atoms with E-state index in [2.05, 4.69) is 4.99 Å². The normalized spacial score (nSPS) is 13.5. The predicted octanol–water partition coefficient (Wildman–Crippen LogP) is 2.99. The maximum atomic E-state index is 12.1. The smallest absolute Gasteiger partial charge is 0.270 e. The third kappa shape index (κ3) is 3.14. The molecule has 1 amide bonds. The minimum absolute atomic E-state index is 0. The number of nitro groups is 1. The molecular weight excluding hydrogens is 362 g/mol. The largest absolute Gasteiger partial charge is 0.313 e. The SMILES string of the molecule is Br.CN1C(=O)CN=C(c2ccccc2)c2cc([N+](=O)[O-])ccc21. The number of benzodiazepines with no additional fused rings is 1. The number of anilines is 1. The summed E-state index contributed by atoms with van der Waals surface area (Å²) in [4.78, 5) is 28.5. The molecule has 0 aliphatic carbocycles. The number of hydrogen-bond acceptors (Lipinski definition) is 4. The lowest BCUT2D eigenvalue weighted by Gasteiger charge is -2.17. The molecule has 118 valence electrons. The molecule has 2 aromatic rings. The highest BCUT2D eigenvalue weighted by Gasteiger charge is 2.24. The van der Waals surface area contributed by atoms with Gasteiger partial charge in [-0.1, -0.05) is 30.3 Å². The standard InChI is InChI=1S/C16H13N3O3.BrH/c1-18-14-8-7-12(19(21)22)9-13(14)16(17-10-15(18)20)11-5-3-2-4-6-11;/h2-9H,10H2,1H3;1H. The molecule has 2 aromatic carbocycles. The van der Waals surface area contributed by atoms with Gasteiger partial charge in [0.25, 0.3) is 5.69 Å². The molecule has 0 N–H and O–H groups in total. The molecule has 1 heterocycles. The number of amides is 1. The van der Waals surface area contributed by atoms with Gasteiger partial charge in [-0.15, -0.1) is 17.0 Å². The molecule has 0 fully saturated rings. The van der Waals surface area contributed by atoms with E-state index >= 15 is 0 Å². The van der Waals surface area contributed by atoms with Crippen molar-refractivity contribution in [2.24, 2.45) is 4.99 Å². The summed E-state index contributed by atoms with van der Waals surface area (Å²) in [5.41, 5.74) is 2.61. The van der Waals surface area contributed by atoms with Crippen molar-refractivity contribution in [3.63, 3.8) is 0 Å².